The molecule has 0 aromatic heterocycles. The van der Waals surface area contributed by atoms with Crippen LogP contribution in [0.2, 0.25) is 5.02 Å². The van der Waals surface area contributed by atoms with Crippen LogP contribution in [0.4, 0.5) is 8.78 Å². The van der Waals surface area contributed by atoms with Gasteiger partial charge in [0.25, 0.3) is 0 Å². The van der Waals surface area contributed by atoms with Crippen LogP contribution in [0.5, 0.6) is 5.75 Å². The topological polar surface area (TPSA) is 67.6 Å². The zero-order valence-electron chi connectivity index (χ0n) is 14.4. The first-order valence-electron chi connectivity index (χ1n) is 8.43. The number of piperidine rings is 1. The van der Waals surface area contributed by atoms with Gasteiger partial charge in [0.2, 0.25) is 5.91 Å². The summed E-state index contributed by atoms with van der Waals surface area (Å²) >= 11 is 6.02. The van der Waals surface area contributed by atoms with E-state index >= 15 is 0 Å². The van der Waals surface area contributed by atoms with E-state index in [2.05, 4.69) is 15.0 Å². The lowest BCUT2D eigenvalue weighted by Crippen LogP contribution is -2.46. The van der Waals surface area contributed by atoms with Gasteiger partial charge in [-0.05, 0) is 37.1 Å². The minimum absolute atomic E-state index is 0. The van der Waals surface area contributed by atoms with Crippen LogP contribution in [0.15, 0.2) is 18.2 Å². The molecule has 0 bridgehead atoms. The Bertz CT molecular complexity index is 579. The third-order valence-electron chi connectivity index (χ3n) is 4.25. The summed E-state index contributed by atoms with van der Waals surface area (Å²) in [7, 11) is 0. The lowest BCUT2D eigenvalue weighted by Gasteiger charge is -2.36. The minimum atomic E-state index is -2.90. The molecule has 0 radical (unpaired) electrons. The Labute approximate surface area is 163 Å². The van der Waals surface area contributed by atoms with Crippen molar-refractivity contribution in [2.75, 3.05) is 19.6 Å². The zero-order chi connectivity index (χ0) is 18.2. The van der Waals surface area contributed by atoms with Crippen molar-refractivity contribution in [3.63, 3.8) is 0 Å². The van der Waals surface area contributed by atoms with Gasteiger partial charge < -0.3 is 15.8 Å². The van der Waals surface area contributed by atoms with Crippen molar-refractivity contribution >= 4 is 29.9 Å². The predicted molar refractivity (Wildman–Crippen MR) is 100 cm³/mol. The maximum absolute atomic E-state index is 12.3. The molecule has 0 spiro atoms. The average Bonchev–Trinajstić information content (AvgIpc) is 2.56. The Kier molecular flexibility index (Phi) is 10.2. The normalized spacial score (nSPS) is 17.7. The summed E-state index contributed by atoms with van der Waals surface area (Å²) in [6.07, 6.45) is 3.54. The Morgan fingerprint density at radius 1 is 1.42 bits per heavy atom. The monoisotopic (exact) mass is 411 g/mol. The molecule has 1 fully saturated rings. The number of hydrogen-bond acceptors (Lipinski definition) is 4. The van der Waals surface area contributed by atoms with E-state index in [1.165, 1.54) is 6.07 Å². The molecule has 1 aliphatic rings. The summed E-state index contributed by atoms with van der Waals surface area (Å²) in [5, 5.41) is 3.09. The Morgan fingerprint density at radius 2 is 2.19 bits per heavy atom. The predicted octanol–water partition coefficient (Wildman–Crippen LogP) is 3.18. The van der Waals surface area contributed by atoms with Gasteiger partial charge in [-0.2, -0.15) is 8.78 Å². The number of carbonyl (C=O) groups excluding carboxylic acids is 1. The summed E-state index contributed by atoms with van der Waals surface area (Å²) in [6.45, 7) is -0.409. The molecule has 148 valence electrons. The van der Waals surface area contributed by atoms with Crippen LogP contribution in [0.25, 0.3) is 0 Å². The number of halogens is 4. The Hall–Kier alpha value is -1.15. The van der Waals surface area contributed by atoms with E-state index in [-0.39, 0.29) is 35.1 Å². The molecule has 1 unspecified atom stereocenters. The highest BCUT2D eigenvalue weighted by molar-refractivity contribution is 6.32. The number of carbonyl (C=O) groups is 1. The second kappa shape index (κ2) is 11.5. The van der Waals surface area contributed by atoms with Crippen molar-refractivity contribution in [1.82, 2.24) is 10.2 Å². The van der Waals surface area contributed by atoms with E-state index in [9.17, 15) is 13.6 Å². The third-order valence-corrected chi connectivity index (χ3v) is 4.55. The molecule has 26 heavy (non-hydrogen) atoms. The van der Waals surface area contributed by atoms with Gasteiger partial charge in [-0.1, -0.05) is 24.1 Å². The highest BCUT2D eigenvalue weighted by atomic mass is 35.5. The van der Waals surface area contributed by atoms with Crippen LogP contribution in [-0.2, 0) is 11.3 Å². The van der Waals surface area contributed by atoms with Crippen LogP contribution in [0, 0.1) is 0 Å². The maximum atomic E-state index is 12.3. The molecule has 0 saturated carbocycles. The molecule has 2 rings (SSSR count). The van der Waals surface area contributed by atoms with Crippen LogP contribution in [0.1, 0.15) is 31.2 Å². The number of rotatable bonds is 8. The van der Waals surface area contributed by atoms with E-state index in [4.69, 9.17) is 17.3 Å². The molecule has 1 atom stereocenters. The molecule has 1 saturated heterocycles. The second-order valence-electron chi connectivity index (χ2n) is 6.11. The minimum Gasteiger partial charge on any atom is -0.433 e. The van der Waals surface area contributed by atoms with Gasteiger partial charge in [-0.15, -0.1) is 12.4 Å². The number of alkyl halides is 2. The standard InChI is InChI=1S/C17H24ClF2N3O2.ClH/c18-14-9-12(4-5-15(14)25-17(19)20)11-23-8-2-1-3-13(23)10-22-16(24)6-7-21;/h4-5,9,13,17H,1-3,6-8,10-11,21H2,(H,22,24);1H. The quantitative estimate of drug-likeness (QED) is 0.689. The Balaban J connectivity index is 0.00000338. The lowest BCUT2D eigenvalue weighted by atomic mass is 10.0. The molecule has 1 amide bonds. The number of nitrogens with one attached hydrogen (secondary N) is 1. The first kappa shape index (κ1) is 22.9. The molecule has 1 aromatic carbocycles. The molecule has 3 N–H and O–H groups in total. The molecule has 9 heteroatoms. The number of hydrogen-bond donors (Lipinski definition) is 2. The highest BCUT2D eigenvalue weighted by Gasteiger charge is 2.23. The van der Waals surface area contributed by atoms with Crippen LogP contribution >= 0.6 is 24.0 Å². The van der Waals surface area contributed by atoms with Gasteiger partial charge in [0.15, 0.2) is 0 Å². The fraction of sp³-hybridized carbons (Fsp3) is 0.588. The summed E-state index contributed by atoms with van der Waals surface area (Å²) in [6, 6.07) is 5.10. The fourth-order valence-corrected chi connectivity index (χ4v) is 3.27. The lowest BCUT2D eigenvalue weighted by molar-refractivity contribution is -0.121. The summed E-state index contributed by atoms with van der Waals surface area (Å²) in [5.41, 5.74) is 6.31. The molecule has 1 aromatic rings. The van der Waals surface area contributed by atoms with Crippen molar-refractivity contribution in [3.05, 3.63) is 28.8 Å². The van der Waals surface area contributed by atoms with E-state index in [0.717, 1.165) is 31.4 Å². The smallest absolute Gasteiger partial charge is 0.387 e. The fourth-order valence-electron chi connectivity index (χ4n) is 3.02. The molecular formula is C17H25Cl2F2N3O2. The van der Waals surface area contributed by atoms with Crippen molar-refractivity contribution in [1.29, 1.82) is 0 Å². The van der Waals surface area contributed by atoms with Gasteiger partial charge in [-0.25, -0.2) is 0 Å². The van der Waals surface area contributed by atoms with Crippen molar-refractivity contribution < 1.29 is 18.3 Å². The summed E-state index contributed by atoms with van der Waals surface area (Å²) < 4.78 is 29.0. The van der Waals surface area contributed by atoms with Gasteiger partial charge in [0.1, 0.15) is 5.75 Å². The number of amides is 1. The van der Waals surface area contributed by atoms with Gasteiger partial charge in [0.05, 0.1) is 5.02 Å². The van der Waals surface area contributed by atoms with Gasteiger partial charge in [0, 0.05) is 32.1 Å². The molecule has 5 nitrogen and oxygen atoms in total. The van der Waals surface area contributed by atoms with Gasteiger partial charge >= 0.3 is 6.61 Å². The zero-order valence-corrected chi connectivity index (χ0v) is 16.0. The summed E-state index contributed by atoms with van der Waals surface area (Å²) in [5.74, 6) is -0.0609. The van der Waals surface area contributed by atoms with Crippen LogP contribution < -0.4 is 15.8 Å². The first-order chi connectivity index (χ1) is 12.0. The van der Waals surface area contributed by atoms with Crippen molar-refractivity contribution in [2.24, 2.45) is 5.73 Å². The number of nitrogens with two attached hydrogens (primary N) is 1. The molecule has 0 aliphatic carbocycles. The van der Waals surface area contributed by atoms with E-state index < -0.39 is 6.61 Å². The maximum Gasteiger partial charge on any atom is 0.387 e. The first-order valence-corrected chi connectivity index (χ1v) is 8.81. The van der Waals surface area contributed by atoms with E-state index in [1.807, 2.05) is 0 Å². The van der Waals surface area contributed by atoms with Crippen molar-refractivity contribution in [3.8, 4) is 5.75 Å². The Morgan fingerprint density at radius 3 is 2.85 bits per heavy atom. The van der Waals surface area contributed by atoms with Gasteiger partial charge in [-0.3, -0.25) is 9.69 Å². The average molecular weight is 412 g/mol. The summed E-state index contributed by atoms with van der Waals surface area (Å²) in [4.78, 5) is 13.9. The third kappa shape index (κ3) is 7.23. The largest absolute Gasteiger partial charge is 0.433 e. The van der Waals surface area contributed by atoms with Crippen LogP contribution in [0.3, 0.4) is 0 Å². The van der Waals surface area contributed by atoms with E-state index in [0.29, 0.717) is 26.1 Å². The molecule has 1 heterocycles. The number of benzene rings is 1. The van der Waals surface area contributed by atoms with Crippen LogP contribution in [-0.4, -0.2) is 43.1 Å². The molecular weight excluding hydrogens is 387 g/mol. The number of nitrogens with zero attached hydrogens (tertiary/aromatic N) is 1. The number of ether oxygens (including phenoxy) is 1. The highest BCUT2D eigenvalue weighted by Crippen LogP contribution is 2.28. The van der Waals surface area contributed by atoms with E-state index in [1.54, 1.807) is 12.1 Å². The SMILES string of the molecule is Cl.NCCC(=O)NCC1CCCCN1Cc1ccc(OC(F)F)c(Cl)c1. The second-order valence-corrected chi connectivity index (χ2v) is 6.51. The molecule has 1 aliphatic heterocycles. The van der Waals surface area contributed by atoms with Crippen molar-refractivity contribution in [2.45, 2.75) is 44.9 Å². The number of likely N-dealkylation sites (tertiary alicyclic amines) is 1.